The summed E-state index contributed by atoms with van der Waals surface area (Å²) >= 11 is 0. The Morgan fingerprint density at radius 1 is 0.311 bits per heavy atom. The quantitative estimate of drug-likeness (QED) is 0.0222. The summed E-state index contributed by atoms with van der Waals surface area (Å²) in [6, 6.07) is 0. The van der Waals surface area contributed by atoms with E-state index in [0.29, 0.717) is 31.6 Å². The molecule has 0 bridgehead atoms. The minimum atomic E-state index is -4.95. The first-order valence-electron chi connectivity index (χ1n) is 36.7. The first-order chi connectivity index (χ1) is 43.1. The van der Waals surface area contributed by atoms with Gasteiger partial charge in [-0.1, -0.05) is 299 Å². The molecule has 17 nitrogen and oxygen atoms in total. The Morgan fingerprint density at radius 3 is 0.789 bits per heavy atom. The Bertz CT molecular complexity index is 1780. The van der Waals surface area contributed by atoms with E-state index in [-0.39, 0.29) is 25.7 Å². The van der Waals surface area contributed by atoms with Crippen molar-refractivity contribution in [3.05, 3.63) is 0 Å². The molecular weight excluding hydrogens is 1190 g/mol. The molecule has 0 radical (unpaired) electrons. The molecule has 0 heterocycles. The van der Waals surface area contributed by atoms with Gasteiger partial charge in [-0.2, -0.15) is 0 Å². The number of carbonyl (C=O) groups excluding carboxylic acids is 4. The fourth-order valence-corrected chi connectivity index (χ4v) is 12.2. The van der Waals surface area contributed by atoms with Crippen molar-refractivity contribution in [3.8, 4) is 0 Å². The summed E-state index contributed by atoms with van der Waals surface area (Å²) in [5.41, 5.74) is 0. The third-order valence-electron chi connectivity index (χ3n) is 16.7. The number of phosphoric ester groups is 2. The topological polar surface area (TPSA) is 237 Å². The molecule has 90 heavy (non-hydrogen) atoms. The SMILES string of the molecule is CCC(C)CCCCCCCCCCC(=O)OC[C@H](COP(=O)(O)OC[C@@H](O)COP(=O)(O)OC[C@@H](COC(=O)CCCCCCCCC(C)C)OC(=O)CCCCCCCCCCCCC(C)C)OC(=O)CCCCCCCCCCCCCCCC(C)C. The number of esters is 4. The monoisotopic (exact) mass is 1320 g/mol. The summed E-state index contributed by atoms with van der Waals surface area (Å²) in [4.78, 5) is 72.6. The average molecular weight is 1330 g/mol. The predicted octanol–water partition coefficient (Wildman–Crippen LogP) is 20.1. The zero-order chi connectivity index (χ0) is 66.8. The molecule has 0 saturated heterocycles. The van der Waals surface area contributed by atoms with E-state index in [4.69, 9.17) is 37.0 Å². The van der Waals surface area contributed by atoms with Crippen molar-refractivity contribution in [2.24, 2.45) is 23.7 Å². The molecule has 0 rings (SSSR count). The fourth-order valence-electron chi connectivity index (χ4n) is 10.6. The van der Waals surface area contributed by atoms with Crippen LogP contribution in [0, 0.1) is 23.7 Å². The van der Waals surface area contributed by atoms with Gasteiger partial charge >= 0.3 is 39.5 Å². The average Bonchev–Trinajstić information content (AvgIpc) is 2.64. The lowest BCUT2D eigenvalue weighted by Gasteiger charge is -2.21. The van der Waals surface area contributed by atoms with E-state index in [2.05, 4.69) is 55.4 Å². The standard InChI is InChI=1S/C71H138O17P2/c1-9-64(8)50-42-34-25-21-22-26-35-43-51-68(73)81-57-66(87-70(75)53-45-37-27-19-14-12-10-11-13-17-23-31-39-47-61(2)3)59-85-89(77,78)83-55-65(72)56-84-90(79,80)86-60-67(58-82-69(74)52-44-36-30-29-33-41-49-63(6)7)88-71(76)54-46-38-28-20-16-15-18-24-32-40-48-62(4)5/h61-67,72H,9-60H2,1-8H3,(H,77,78)(H,79,80)/t64?,65-,66-,67-/m1/s1. The molecule has 0 aromatic carbocycles. The smallest absolute Gasteiger partial charge is 0.462 e. The van der Waals surface area contributed by atoms with E-state index in [1.165, 1.54) is 148 Å². The van der Waals surface area contributed by atoms with E-state index in [9.17, 15) is 43.2 Å². The van der Waals surface area contributed by atoms with Crippen molar-refractivity contribution < 1.29 is 80.2 Å². The van der Waals surface area contributed by atoms with Crippen molar-refractivity contribution in [2.75, 3.05) is 39.6 Å². The van der Waals surface area contributed by atoms with Crippen LogP contribution in [0.15, 0.2) is 0 Å². The molecule has 0 saturated carbocycles. The van der Waals surface area contributed by atoms with E-state index in [0.717, 1.165) is 114 Å². The van der Waals surface area contributed by atoms with E-state index in [1.807, 2.05) is 0 Å². The third kappa shape index (κ3) is 63.5. The highest BCUT2D eigenvalue weighted by atomic mass is 31.2. The number of aliphatic hydroxyl groups is 1. The van der Waals surface area contributed by atoms with E-state index < -0.39 is 97.5 Å². The largest absolute Gasteiger partial charge is 0.472 e. The van der Waals surface area contributed by atoms with Crippen molar-refractivity contribution in [1.82, 2.24) is 0 Å². The highest BCUT2D eigenvalue weighted by molar-refractivity contribution is 7.47. The van der Waals surface area contributed by atoms with Gasteiger partial charge in [0.25, 0.3) is 0 Å². The third-order valence-corrected chi connectivity index (χ3v) is 18.6. The lowest BCUT2D eigenvalue weighted by Crippen LogP contribution is -2.30. The van der Waals surface area contributed by atoms with Gasteiger partial charge in [0.2, 0.25) is 0 Å². The Kier molecular flexibility index (Phi) is 59.4. The molecule has 0 spiro atoms. The summed E-state index contributed by atoms with van der Waals surface area (Å²) < 4.78 is 68.3. The van der Waals surface area contributed by atoms with Crippen LogP contribution in [-0.2, 0) is 65.4 Å². The predicted molar refractivity (Wildman–Crippen MR) is 363 cm³/mol. The van der Waals surface area contributed by atoms with Gasteiger partial charge in [0.1, 0.15) is 19.3 Å². The second-order valence-corrected chi connectivity index (χ2v) is 30.2. The minimum absolute atomic E-state index is 0.104. The second kappa shape index (κ2) is 60.7. The van der Waals surface area contributed by atoms with Gasteiger partial charge in [-0.05, 0) is 49.4 Å². The van der Waals surface area contributed by atoms with Crippen molar-refractivity contribution in [3.63, 3.8) is 0 Å². The van der Waals surface area contributed by atoms with Gasteiger partial charge in [0, 0.05) is 25.7 Å². The molecule has 534 valence electrons. The highest BCUT2D eigenvalue weighted by Crippen LogP contribution is 2.45. The molecule has 3 N–H and O–H groups in total. The molecule has 0 aliphatic rings. The summed E-state index contributed by atoms with van der Waals surface area (Å²) in [5.74, 6) is 0.866. The number of hydrogen-bond acceptors (Lipinski definition) is 15. The Balaban J connectivity index is 5.25. The Morgan fingerprint density at radius 2 is 0.533 bits per heavy atom. The van der Waals surface area contributed by atoms with E-state index >= 15 is 0 Å². The van der Waals surface area contributed by atoms with Gasteiger partial charge in [-0.3, -0.25) is 37.3 Å². The summed E-state index contributed by atoms with van der Waals surface area (Å²) in [6.45, 7) is 14.1. The lowest BCUT2D eigenvalue weighted by atomic mass is 9.99. The normalized spacial score (nSPS) is 14.6. The zero-order valence-electron chi connectivity index (χ0n) is 58.8. The van der Waals surface area contributed by atoms with Crippen LogP contribution in [0.5, 0.6) is 0 Å². The molecule has 0 aliphatic heterocycles. The maximum Gasteiger partial charge on any atom is 0.472 e. The van der Waals surface area contributed by atoms with Gasteiger partial charge < -0.3 is 33.8 Å². The zero-order valence-corrected chi connectivity index (χ0v) is 60.6. The van der Waals surface area contributed by atoms with Gasteiger partial charge in [0.15, 0.2) is 12.2 Å². The van der Waals surface area contributed by atoms with Crippen molar-refractivity contribution in [2.45, 2.75) is 369 Å². The van der Waals surface area contributed by atoms with Crippen LogP contribution < -0.4 is 0 Å². The minimum Gasteiger partial charge on any atom is -0.462 e. The van der Waals surface area contributed by atoms with Crippen LogP contribution in [0.2, 0.25) is 0 Å². The molecule has 3 unspecified atom stereocenters. The van der Waals surface area contributed by atoms with Crippen LogP contribution >= 0.6 is 15.6 Å². The van der Waals surface area contributed by atoms with Crippen LogP contribution in [0.4, 0.5) is 0 Å². The molecule has 6 atom stereocenters. The molecule has 19 heteroatoms. The Labute approximate surface area is 549 Å². The number of aliphatic hydroxyl groups excluding tert-OH is 1. The summed E-state index contributed by atoms with van der Waals surface area (Å²) in [7, 11) is -9.90. The maximum absolute atomic E-state index is 13.0. The number of ether oxygens (including phenoxy) is 4. The van der Waals surface area contributed by atoms with Crippen molar-refractivity contribution >= 4 is 39.5 Å². The van der Waals surface area contributed by atoms with E-state index in [1.54, 1.807) is 0 Å². The lowest BCUT2D eigenvalue weighted by molar-refractivity contribution is -0.161. The van der Waals surface area contributed by atoms with Crippen molar-refractivity contribution in [1.29, 1.82) is 0 Å². The number of phosphoric acid groups is 2. The first-order valence-corrected chi connectivity index (χ1v) is 39.7. The van der Waals surface area contributed by atoms with Crippen LogP contribution in [0.25, 0.3) is 0 Å². The number of carbonyl (C=O) groups is 4. The summed E-state index contributed by atoms with van der Waals surface area (Å²) in [5, 5.41) is 10.6. The highest BCUT2D eigenvalue weighted by Gasteiger charge is 2.30. The second-order valence-electron chi connectivity index (χ2n) is 27.3. The molecule has 0 aromatic rings. The fraction of sp³-hybridized carbons (Fsp3) is 0.944. The number of unbranched alkanes of at least 4 members (excludes halogenated alkanes) is 33. The maximum atomic E-state index is 13.0. The molecule has 0 amide bonds. The number of hydrogen-bond donors (Lipinski definition) is 3. The summed E-state index contributed by atoms with van der Waals surface area (Å²) in [6.07, 6.45) is 43.1. The molecular formula is C71H138O17P2. The Hall–Kier alpha value is -1.94. The van der Waals surface area contributed by atoms with Gasteiger partial charge in [-0.25, -0.2) is 9.13 Å². The van der Waals surface area contributed by atoms with Gasteiger partial charge in [0.05, 0.1) is 26.4 Å². The first kappa shape index (κ1) is 88.1. The number of rotatable bonds is 68. The molecule has 0 aromatic heterocycles. The van der Waals surface area contributed by atoms with Gasteiger partial charge in [-0.15, -0.1) is 0 Å². The van der Waals surface area contributed by atoms with Crippen LogP contribution in [-0.4, -0.2) is 96.7 Å². The van der Waals surface area contributed by atoms with Crippen LogP contribution in [0.1, 0.15) is 351 Å². The molecule has 0 fully saturated rings. The molecule has 0 aliphatic carbocycles. The van der Waals surface area contributed by atoms with Crippen LogP contribution in [0.3, 0.4) is 0 Å².